The summed E-state index contributed by atoms with van der Waals surface area (Å²) in [5.74, 6) is 0.618. The summed E-state index contributed by atoms with van der Waals surface area (Å²) in [7, 11) is 0. The van der Waals surface area contributed by atoms with Crippen molar-refractivity contribution in [2.24, 2.45) is 0 Å². The smallest absolute Gasteiger partial charge is 0.369 e. The minimum absolute atomic E-state index is 0.590. The van der Waals surface area contributed by atoms with E-state index in [0.29, 0.717) is 31.1 Å². The van der Waals surface area contributed by atoms with E-state index in [-0.39, 0.29) is 0 Å². The number of alkyl halides is 3. The number of nitrogens with zero attached hydrogens (tertiary/aromatic N) is 5. The lowest BCUT2D eigenvalue weighted by atomic mass is 10.1. The highest BCUT2D eigenvalue weighted by atomic mass is 19.4. The number of hydrogen-bond acceptors (Lipinski definition) is 5. The summed E-state index contributed by atoms with van der Waals surface area (Å²) in [5, 5.41) is 13.7. The topological polar surface area (TPSA) is 60.9 Å². The lowest BCUT2D eigenvalue weighted by Gasteiger charge is -2.35. The van der Waals surface area contributed by atoms with Crippen molar-refractivity contribution in [1.82, 2.24) is 25.5 Å². The molecule has 0 spiro atoms. The monoisotopic (exact) mass is 312 g/mol. The summed E-state index contributed by atoms with van der Waals surface area (Å²) in [6.07, 6.45) is -4.31. The van der Waals surface area contributed by atoms with Crippen LogP contribution in [0.5, 0.6) is 0 Å². The number of tetrazole rings is 1. The number of piperazine rings is 1. The Morgan fingerprint density at radius 2 is 1.91 bits per heavy atom. The van der Waals surface area contributed by atoms with Crippen LogP contribution in [-0.2, 0) is 12.7 Å². The molecule has 0 saturated carbocycles. The summed E-state index contributed by atoms with van der Waals surface area (Å²) in [4.78, 5) is 4.11. The molecule has 9 heteroatoms. The maximum Gasteiger partial charge on any atom is 0.416 e. The van der Waals surface area contributed by atoms with Crippen molar-refractivity contribution >= 4 is 5.69 Å². The number of rotatable bonds is 3. The fourth-order valence-corrected chi connectivity index (χ4v) is 2.49. The fraction of sp³-hybridized carbons (Fsp3) is 0.462. The van der Waals surface area contributed by atoms with E-state index in [1.165, 1.54) is 12.1 Å². The van der Waals surface area contributed by atoms with Crippen LogP contribution < -0.4 is 4.90 Å². The Balaban J connectivity index is 1.61. The molecule has 0 bridgehead atoms. The second-order valence-electron chi connectivity index (χ2n) is 5.14. The molecule has 1 fully saturated rings. The molecule has 0 unspecified atom stereocenters. The van der Waals surface area contributed by atoms with E-state index in [4.69, 9.17) is 0 Å². The van der Waals surface area contributed by atoms with Gasteiger partial charge in [-0.05, 0) is 18.2 Å². The first-order valence-electron chi connectivity index (χ1n) is 6.89. The van der Waals surface area contributed by atoms with Crippen LogP contribution in [-0.4, -0.2) is 51.7 Å². The van der Waals surface area contributed by atoms with Crippen molar-refractivity contribution in [2.45, 2.75) is 12.7 Å². The zero-order valence-corrected chi connectivity index (χ0v) is 11.7. The second-order valence-corrected chi connectivity index (χ2v) is 5.14. The van der Waals surface area contributed by atoms with Crippen LogP contribution in [0.3, 0.4) is 0 Å². The highest BCUT2D eigenvalue weighted by Gasteiger charge is 2.31. The molecule has 1 N–H and O–H groups in total. The van der Waals surface area contributed by atoms with Crippen LogP contribution in [0.2, 0.25) is 0 Å². The van der Waals surface area contributed by atoms with Crippen molar-refractivity contribution in [3.63, 3.8) is 0 Å². The molecule has 1 aromatic heterocycles. The quantitative estimate of drug-likeness (QED) is 0.931. The minimum atomic E-state index is -4.31. The molecule has 22 heavy (non-hydrogen) atoms. The van der Waals surface area contributed by atoms with Gasteiger partial charge in [0, 0.05) is 31.9 Å². The zero-order chi connectivity index (χ0) is 15.6. The first-order valence-corrected chi connectivity index (χ1v) is 6.89. The Hall–Kier alpha value is -2.16. The Labute approximate surface area is 124 Å². The molecular formula is C13H15F3N6. The average Bonchev–Trinajstić information content (AvgIpc) is 3.00. The van der Waals surface area contributed by atoms with Gasteiger partial charge in [0.25, 0.3) is 0 Å². The summed E-state index contributed by atoms with van der Waals surface area (Å²) in [6.45, 7) is 3.40. The minimum Gasteiger partial charge on any atom is -0.369 e. The maximum absolute atomic E-state index is 12.8. The van der Waals surface area contributed by atoms with E-state index in [1.54, 1.807) is 6.07 Å². The number of nitrogens with one attached hydrogen (secondary N) is 1. The number of benzene rings is 1. The molecule has 2 aromatic rings. The van der Waals surface area contributed by atoms with Crippen LogP contribution in [0.4, 0.5) is 18.9 Å². The van der Waals surface area contributed by atoms with Crippen LogP contribution in [0, 0.1) is 0 Å². The van der Waals surface area contributed by atoms with E-state index in [1.807, 2.05) is 4.90 Å². The summed E-state index contributed by atoms with van der Waals surface area (Å²) < 4.78 is 38.3. The molecule has 3 rings (SSSR count). The normalized spacial score (nSPS) is 17.0. The van der Waals surface area contributed by atoms with Gasteiger partial charge in [-0.2, -0.15) is 18.4 Å². The van der Waals surface area contributed by atoms with Gasteiger partial charge in [-0.25, -0.2) is 0 Å². The number of aromatic amines is 1. The molecule has 2 heterocycles. The zero-order valence-electron chi connectivity index (χ0n) is 11.7. The van der Waals surface area contributed by atoms with E-state index in [0.717, 1.165) is 19.2 Å². The van der Waals surface area contributed by atoms with Gasteiger partial charge in [0.15, 0.2) is 5.82 Å². The molecule has 0 radical (unpaired) electrons. The Morgan fingerprint density at radius 3 is 2.55 bits per heavy atom. The number of halogens is 3. The van der Waals surface area contributed by atoms with Crippen LogP contribution in [0.1, 0.15) is 11.4 Å². The highest BCUT2D eigenvalue weighted by Crippen LogP contribution is 2.31. The van der Waals surface area contributed by atoms with Gasteiger partial charge in [-0.3, -0.25) is 4.90 Å². The van der Waals surface area contributed by atoms with Crippen molar-refractivity contribution in [1.29, 1.82) is 0 Å². The number of hydrogen-bond donors (Lipinski definition) is 1. The lowest BCUT2D eigenvalue weighted by Crippen LogP contribution is -2.46. The predicted octanol–water partition coefficient (Wildman–Crippen LogP) is 1.54. The largest absolute Gasteiger partial charge is 0.416 e. The third kappa shape index (κ3) is 3.35. The molecule has 0 atom stereocenters. The average molecular weight is 312 g/mol. The summed E-state index contributed by atoms with van der Waals surface area (Å²) >= 11 is 0. The van der Waals surface area contributed by atoms with Crippen molar-refractivity contribution in [2.75, 3.05) is 31.1 Å². The van der Waals surface area contributed by atoms with Crippen LogP contribution in [0.25, 0.3) is 0 Å². The number of anilines is 1. The fourth-order valence-electron chi connectivity index (χ4n) is 2.49. The molecule has 1 saturated heterocycles. The van der Waals surface area contributed by atoms with Gasteiger partial charge < -0.3 is 4.90 Å². The standard InChI is InChI=1S/C13H15F3N6/c14-13(15,16)10-2-1-3-11(8-10)22-6-4-21(5-7-22)9-12-17-19-20-18-12/h1-3,8H,4-7,9H2,(H,17,18,19,20). The number of aromatic nitrogens is 4. The van der Waals surface area contributed by atoms with Crippen LogP contribution in [0.15, 0.2) is 24.3 Å². The van der Waals surface area contributed by atoms with E-state index in [9.17, 15) is 13.2 Å². The Kier molecular flexibility index (Phi) is 3.97. The first-order chi connectivity index (χ1) is 10.5. The Bertz CT molecular complexity index is 604. The SMILES string of the molecule is FC(F)(F)c1cccc(N2CCN(Cc3nn[nH]n3)CC2)c1. The van der Waals surface area contributed by atoms with Gasteiger partial charge in [0.2, 0.25) is 0 Å². The molecular weight excluding hydrogens is 297 g/mol. The highest BCUT2D eigenvalue weighted by molar-refractivity contribution is 5.49. The Morgan fingerprint density at radius 1 is 1.14 bits per heavy atom. The first kappa shape index (κ1) is 14.8. The van der Waals surface area contributed by atoms with E-state index in [2.05, 4.69) is 25.5 Å². The predicted molar refractivity (Wildman–Crippen MR) is 73.1 cm³/mol. The van der Waals surface area contributed by atoms with Crippen LogP contribution >= 0.6 is 0 Å². The van der Waals surface area contributed by atoms with E-state index >= 15 is 0 Å². The molecule has 1 aliphatic heterocycles. The third-order valence-electron chi connectivity index (χ3n) is 3.67. The van der Waals surface area contributed by atoms with Gasteiger partial charge in [0.1, 0.15) is 0 Å². The van der Waals surface area contributed by atoms with E-state index < -0.39 is 11.7 Å². The maximum atomic E-state index is 12.8. The lowest BCUT2D eigenvalue weighted by molar-refractivity contribution is -0.137. The molecule has 6 nitrogen and oxygen atoms in total. The third-order valence-corrected chi connectivity index (χ3v) is 3.67. The van der Waals surface area contributed by atoms with Gasteiger partial charge in [0.05, 0.1) is 12.1 Å². The molecule has 0 aliphatic carbocycles. The molecule has 118 valence electrons. The van der Waals surface area contributed by atoms with Crippen molar-refractivity contribution in [3.8, 4) is 0 Å². The second kappa shape index (κ2) is 5.91. The van der Waals surface area contributed by atoms with Crippen molar-refractivity contribution in [3.05, 3.63) is 35.7 Å². The number of H-pyrrole nitrogens is 1. The summed E-state index contributed by atoms with van der Waals surface area (Å²) in [5.41, 5.74) is -0.00624. The van der Waals surface area contributed by atoms with Gasteiger partial charge >= 0.3 is 6.18 Å². The van der Waals surface area contributed by atoms with Gasteiger partial charge in [-0.1, -0.05) is 11.3 Å². The summed E-state index contributed by atoms with van der Waals surface area (Å²) in [6, 6.07) is 5.46. The molecule has 1 aliphatic rings. The molecule has 1 aromatic carbocycles. The van der Waals surface area contributed by atoms with Crippen molar-refractivity contribution < 1.29 is 13.2 Å². The van der Waals surface area contributed by atoms with Gasteiger partial charge in [-0.15, -0.1) is 10.2 Å². The molecule has 0 amide bonds.